The molecule has 0 atom stereocenters. The highest BCUT2D eigenvalue weighted by atomic mass is 79.9. The summed E-state index contributed by atoms with van der Waals surface area (Å²) in [5.41, 5.74) is -0.121. The first-order chi connectivity index (χ1) is 6.79. The average Bonchev–Trinajstić information content (AvgIpc) is 2.06. The quantitative estimate of drug-likeness (QED) is 0.827. The molecule has 0 aliphatic heterocycles. The molecule has 15 heavy (non-hydrogen) atoms. The van der Waals surface area contributed by atoms with Gasteiger partial charge in [0, 0.05) is 0 Å². The summed E-state index contributed by atoms with van der Waals surface area (Å²) >= 11 is 2.99. The first kappa shape index (κ1) is 12.0. The van der Waals surface area contributed by atoms with Crippen molar-refractivity contribution < 1.29 is 22.5 Å². The van der Waals surface area contributed by atoms with E-state index in [4.69, 9.17) is 0 Å². The molecule has 82 valence electrons. The molecule has 0 radical (unpaired) electrons. The van der Waals surface area contributed by atoms with Crippen LogP contribution in [0.15, 0.2) is 22.7 Å². The van der Waals surface area contributed by atoms with Crippen LogP contribution >= 0.6 is 15.9 Å². The van der Waals surface area contributed by atoms with Gasteiger partial charge < -0.3 is 9.29 Å². The van der Waals surface area contributed by atoms with Crippen LogP contribution < -0.4 is 5.14 Å². The number of benzene rings is 1. The van der Waals surface area contributed by atoms with E-state index < -0.39 is 16.3 Å². The molecule has 1 aromatic carbocycles. The van der Waals surface area contributed by atoms with Gasteiger partial charge in [-0.1, -0.05) is 0 Å². The first-order valence-corrected chi connectivity index (χ1v) is 5.81. The minimum absolute atomic E-state index is 0.121. The number of halogens is 1. The molecule has 1 rings (SSSR count). The maximum absolute atomic E-state index is 11.1. The van der Waals surface area contributed by atoms with E-state index in [1.165, 1.54) is 12.1 Å². The Morgan fingerprint density at radius 1 is 1.47 bits per heavy atom. The summed E-state index contributed by atoms with van der Waals surface area (Å²) in [5.74, 6) is -1.36. The Morgan fingerprint density at radius 2 is 2.07 bits per heavy atom. The van der Waals surface area contributed by atoms with Gasteiger partial charge in [-0.05, 0) is 34.1 Å². The van der Waals surface area contributed by atoms with Gasteiger partial charge in [-0.15, -0.1) is 0 Å². The number of phenolic OH excluding ortho intramolecular Hbond substituents is 1. The lowest BCUT2D eigenvalue weighted by atomic mass is 10.2. The molecule has 3 N–H and O–H groups in total. The van der Waals surface area contributed by atoms with Crippen molar-refractivity contribution in [1.82, 2.24) is 0 Å². The molecule has 0 aliphatic rings. The summed E-state index contributed by atoms with van der Waals surface area (Å²) < 4.78 is 25.1. The van der Waals surface area contributed by atoms with E-state index >= 15 is 0 Å². The minimum atomic E-state index is -4.34. The molecule has 0 amide bonds. The summed E-state index contributed by atoms with van der Waals surface area (Å²) in [6.07, 6.45) is 0. The maximum Gasteiger partial charge on any atom is 0.382 e. The van der Waals surface area contributed by atoms with Crippen molar-refractivity contribution in [2.75, 3.05) is 0 Å². The minimum Gasteiger partial charge on any atom is -0.507 e. The fraction of sp³-hybridized carbons (Fsp3) is 0. The number of hydrogen-bond donors (Lipinski definition) is 2. The van der Waals surface area contributed by atoms with Gasteiger partial charge in [-0.2, -0.15) is 13.6 Å². The van der Waals surface area contributed by atoms with E-state index in [2.05, 4.69) is 25.3 Å². The second kappa shape index (κ2) is 4.17. The molecule has 0 fully saturated rings. The van der Waals surface area contributed by atoms with Crippen LogP contribution in [0.25, 0.3) is 0 Å². The predicted octanol–water partition coefficient (Wildman–Crippen LogP) is 0.515. The molecule has 8 heteroatoms. The molecule has 0 heterocycles. The summed E-state index contributed by atoms with van der Waals surface area (Å²) in [7, 11) is -4.34. The highest BCUT2D eigenvalue weighted by molar-refractivity contribution is 9.10. The summed E-state index contributed by atoms with van der Waals surface area (Å²) in [4.78, 5) is 11.1. The lowest BCUT2D eigenvalue weighted by Gasteiger charge is -2.02. The van der Waals surface area contributed by atoms with Gasteiger partial charge in [-0.3, -0.25) is 0 Å². The van der Waals surface area contributed by atoms with E-state index in [0.29, 0.717) is 4.47 Å². The van der Waals surface area contributed by atoms with Crippen LogP contribution in [0.3, 0.4) is 0 Å². The number of hydrogen-bond acceptors (Lipinski definition) is 5. The average molecular weight is 296 g/mol. The van der Waals surface area contributed by atoms with E-state index in [-0.39, 0.29) is 11.3 Å². The largest absolute Gasteiger partial charge is 0.507 e. The van der Waals surface area contributed by atoms with Gasteiger partial charge in [0.25, 0.3) is 0 Å². The van der Waals surface area contributed by atoms with Crippen LogP contribution in [-0.2, 0) is 14.5 Å². The molecule has 0 saturated carbocycles. The molecular weight excluding hydrogens is 290 g/mol. The molecule has 6 nitrogen and oxygen atoms in total. The van der Waals surface area contributed by atoms with Crippen LogP contribution in [0.2, 0.25) is 0 Å². The molecule has 0 bridgehead atoms. The fourth-order valence-corrected chi connectivity index (χ4v) is 1.35. The Morgan fingerprint density at radius 3 is 2.53 bits per heavy atom. The lowest BCUT2D eigenvalue weighted by molar-refractivity contribution is 0.0746. The third kappa shape index (κ3) is 3.50. The molecule has 0 unspecified atom stereocenters. The van der Waals surface area contributed by atoms with Gasteiger partial charge in [0.05, 0.1) is 10.0 Å². The highest BCUT2D eigenvalue weighted by Crippen LogP contribution is 2.24. The molecule has 0 aromatic heterocycles. The van der Waals surface area contributed by atoms with E-state index in [1.54, 1.807) is 0 Å². The Bertz CT molecular complexity index is 498. The standard InChI is InChI=1S/C7H6BrNO5S/c8-5-2-1-4(3-6(5)10)7(11)14-15(9,12)13/h1-3,10H,(H2,9,12,13). The van der Waals surface area contributed by atoms with Crippen LogP contribution in [0.1, 0.15) is 10.4 Å². The Hall–Kier alpha value is -1.12. The van der Waals surface area contributed by atoms with Gasteiger partial charge in [-0.25, -0.2) is 4.79 Å². The summed E-state index contributed by atoms with van der Waals surface area (Å²) in [6.45, 7) is 0. The smallest absolute Gasteiger partial charge is 0.382 e. The second-order valence-electron chi connectivity index (χ2n) is 2.53. The zero-order valence-corrected chi connectivity index (χ0v) is 9.58. The summed E-state index contributed by atoms with van der Waals surface area (Å²) in [6, 6.07) is 3.70. The number of phenols is 1. The van der Waals surface area contributed by atoms with Crippen molar-refractivity contribution >= 4 is 32.2 Å². The molecule has 1 aromatic rings. The third-order valence-corrected chi connectivity index (χ3v) is 2.43. The SMILES string of the molecule is NS(=O)(=O)OC(=O)c1ccc(Br)c(O)c1. The number of carbonyl (C=O) groups is 1. The molecule has 0 spiro atoms. The molecular formula is C7H6BrNO5S. The number of nitrogens with two attached hydrogens (primary N) is 1. The Balaban J connectivity index is 2.98. The van der Waals surface area contributed by atoms with Gasteiger partial charge in [0.1, 0.15) is 5.75 Å². The van der Waals surface area contributed by atoms with Crippen molar-refractivity contribution in [2.45, 2.75) is 0 Å². The van der Waals surface area contributed by atoms with Crippen LogP contribution in [0.4, 0.5) is 0 Å². The van der Waals surface area contributed by atoms with Gasteiger partial charge >= 0.3 is 16.3 Å². The second-order valence-corrected chi connectivity index (χ2v) is 4.54. The normalized spacial score (nSPS) is 11.1. The van der Waals surface area contributed by atoms with Gasteiger partial charge in [0.2, 0.25) is 0 Å². The number of rotatable bonds is 2. The summed E-state index contributed by atoms with van der Waals surface area (Å²) in [5, 5.41) is 13.7. The highest BCUT2D eigenvalue weighted by Gasteiger charge is 2.15. The third-order valence-electron chi connectivity index (χ3n) is 1.37. The Kier molecular flexibility index (Phi) is 3.32. The van der Waals surface area contributed by atoms with E-state index in [9.17, 15) is 18.3 Å². The molecule has 0 aliphatic carbocycles. The maximum atomic E-state index is 11.1. The van der Waals surface area contributed by atoms with Crippen LogP contribution in [-0.4, -0.2) is 19.5 Å². The lowest BCUT2D eigenvalue weighted by Crippen LogP contribution is -2.20. The van der Waals surface area contributed by atoms with Gasteiger partial charge in [0.15, 0.2) is 0 Å². The van der Waals surface area contributed by atoms with Crippen molar-refractivity contribution in [3.8, 4) is 5.75 Å². The zero-order valence-electron chi connectivity index (χ0n) is 7.18. The first-order valence-electron chi connectivity index (χ1n) is 3.54. The topological polar surface area (TPSA) is 107 Å². The number of carbonyl (C=O) groups excluding carboxylic acids is 1. The van der Waals surface area contributed by atoms with Crippen molar-refractivity contribution in [1.29, 1.82) is 0 Å². The predicted molar refractivity (Wildman–Crippen MR) is 54.3 cm³/mol. The fourth-order valence-electron chi connectivity index (χ4n) is 0.793. The van der Waals surface area contributed by atoms with Crippen LogP contribution in [0.5, 0.6) is 5.75 Å². The van der Waals surface area contributed by atoms with Crippen molar-refractivity contribution in [3.63, 3.8) is 0 Å². The Labute approximate surface area is 94.0 Å². The van der Waals surface area contributed by atoms with E-state index in [1.807, 2.05) is 0 Å². The van der Waals surface area contributed by atoms with Crippen LogP contribution in [0, 0.1) is 0 Å². The molecule has 0 saturated heterocycles. The zero-order chi connectivity index (χ0) is 11.6. The van der Waals surface area contributed by atoms with Crippen molar-refractivity contribution in [3.05, 3.63) is 28.2 Å². The van der Waals surface area contributed by atoms with Crippen molar-refractivity contribution in [2.24, 2.45) is 5.14 Å². The number of aromatic hydroxyl groups is 1. The van der Waals surface area contributed by atoms with E-state index in [0.717, 1.165) is 6.07 Å². The monoisotopic (exact) mass is 295 g/mol.